The van der Waals surface area contributed by atoms with E-state index in [1.807, 2.05) is 18.2 Å². The summed E-state index contributed by atoms with van der Waals surface area (Å²) in [5.41, 5.74) is 0.537. The van der Waals surface area contributed by atoms with Crippen molar-refractivity contribution in [2.75, 3.05) is 0 Å². The predicted molar refractivity (Wildman–Crippen MR) is 72.0 cm³/mol. The molecule has 0 spiro atoms. The third-order valence-corrected chi connectivity index (χ3v) is 2.72. The van der Waals surface area contributed by atoms with E-state index in [4.69, 9.17) is 4.74 Å². The summed E-state index contributed by atoms with van der Waals surface area (Å²) in [6.45, 7) is 0. The van der Waals surface area contributed by atoms with Crippen LogP contribution in [0.5, 0.6) is 11.5 Å². The SMILES string of the molecule is O=S(=O)(F)/C=C/c1cccc(Oc2ccccc2)c1. The van der Waals surface area contributed by atoms with Gasteiger partial charge in [0.15, 0.2) is 0 Å². The summed E-state index contributed by atoms with van der Waals surface area (Å²) < 4.78 is 38.7. The number of ether oxygens (including phenoxy) is 1. The molecule has 0 aliphatic heterocycles. The highest BCUT2D eigenvalue weighted by molar-refractivity contribution is 7.89. The molecule has 5 heteroatoms. The van der Waals surface area contributed by atoms with E-state index in [1.54, 1.807) is 36.4 Å². The minimum absolute atomic E-state index is 0.509. The third-order valence-electron chi connectivity index (χ3n) is 2.26. The summed E-state index contributed by atoms with van der Waals surface area (Å²) in [4.78, 5) is 0. The lowest BCUT2D eigenvalue weighted by Crippen LogP contribution is -1.85. The topological polar surface area (TPSA) is 43.4 Å². The zero-order chi connectivity index (χ0) is 13.7. The summed E-state index contributed by atoms with van der Waals surface area (Å²) in [5.74, 6) is 1.21. The molecule has 0 aliphatic rings. The minimum Gasteiger partial charge on any atom is -0.457 e. The second-order valence-corrected chi connectivity index (χ2v) is 4.99. The lowest BCUT2D eigenvalue weighted by molar-refractivity contribution is 0.482. The molecule has 3 nitrogen and oxygen atoms in total. The fourth-order valence-electron chi connectivity index (χ4n) is 1.47. The monoisotopic (exact) mass is 278 g/mol. The quantitative estimate of drug-likeness (QED) is 0.800. The smallest absolute Gasteiger partial charge is 0.325 e. The molecule has 2 aromatic rings. The van der Waals surface area contributed by atoms with Gasteiger partial charge in [-0.2, -0.15) is 8.42 Å². The molecular weight excluding hydrogens is 267 g/mol. The van der Waals surface area contributed by atoms with Crippen LogP contribution in [-0.2, 0) is 10.2 Å². The van der Waals surface area contributed by atoms with Crippen LogP contribution in [-0.4, -0.2) is 8.42 Å². The Labute approximate surface area is 111 Å². The van der Waals surface area contributed by atoms with Gasteiger partial charge in [-0.3, -0.25) is 0 Å². The molecule has 0 aromatic heterocycles. The number of para-hydroxylation sites is 1. The maximum atomic E-state index is 12.4. The zero-order valence-corrected chi connectivity index (χ0v) is 10.7. The molecule has 0 amide bonds. The maximum Gasteiger partial charge on any atom is 0.325 e. The van der Waals surface area contributed by atoms with Gasteiger partial charge in [0.25, 0.3) is 0 Å². The van der Waals surface area contributed by atoms with Gasteiger partial charge in [0.2, 0.25) is 0 Å². The first-order chi connectivity index (χ1) is 9.03. The average Bonchev–Trinajstić information content (AvgIpc) is 2.37. The van der Waals surface area contributed by atoms with E-state index < -0.39 is 10.2 Å². The van der Waals surface area contributed by atoms with E-state index in [-0.39, 0.29) is 0 Å². The summed E-state index contributed by atoms with van der Waals surface area (Å²) in [7, 11) is -4.62. The van der Waals surface area contributed by atoms with Crippen LogP contribution in [0.15, 0.2) is 60.0 Å². The van der Waals surface area contributed by atoms with Gasteiger partial charge < -0.3 is 4.74 Å². The van der Waals surface area contributed by atoms with Crippen LogP contribution in [0.4, 0.5) is 3.89 Å². The van der Waals surface area contributed by atoms with Crippen molar-refractivity contribution < 1.29 is 17.0 Å². The van der Waals surface area contributed by atoms with Crippen LogP contribution in [0.1, 0.15) is 5.56 Å². The van der Waals surface area contributed by atoms with E-state index in [1.165, 1.54) is 6.08 Å². The van der Waals surface area contributed by atoms with Crippen LogP contribution >= 0.6 is 0 Å². The van der Waals surface area contributed by atoms with Crippen LogP contribution in [0.2, 0.25) is 0 Å². The van der Waals surface area contributed by atoms with E-state index >= 15 is 0 Å². The highest BCUT2D eigenvalue weighted by Gasteiger charge is 2.00. The Kier molecular flexibility index (Phi) is 3.97. The summed E-state index contributed by atoms with van der Waals surface area (Å²) in [6, 6.07) is 15.9. The highest BCUT2D eigenvalue weighted by atomic mass is 32.3. The maximum absolute atomic E-state index is 12.4. The lowest BCUT2D eigenvalue weighted by Gasteiger charge is -2.05. The van der Waals surface area contributed by atoms with Crippen molar-refractivity contribution in [3.05, 3.63) is 65.6 Å². The molecule has 0 N–H and O–H groups in total. The fourth-order valence-corrected chi connectivity index (χ4v) is 1.79. The second kappa shape index (κ2) is 5.67. The average molecular weight is 278 g/mol. The van der Waals surface area contributed by atoms with Gasteiger partial charge in [-0.25, -0.2) is 0 Å². The van der Waals surface area contributed by atoms with Crippen molar-refractivity contribution in [3.8, 4) is 11.5 Å². The van der Waals surface area contributed by atoms with Gasteiger partial charge in [-0.1, -0.05) is 30.3 Å². The Morgan fingerprint density at radius 3 is 2.32 bits per heavy atom. The molecule has 0 unspecified atom stereocenters. The third kappa shape index (κ3) is 4.56. The minimum atomic E-state index is -4.62. The van der Waals surface area contributed by atoms with Crippen LogP contribution < -0.4 is 4.74 Å². The first-order valence-electron chi connectivity index (χ1n) is 5.49. The summed E-state index contributed by atoms with van der Waals surface area (Å²) in [6.07, 6.45) is 1.17. The molecule has 2 aromatic carbocycles. The molecule has 2 rings (SSSR count). The number of benzene rings is 2. The van der Waals surface area contributed by atoms with E-state index in [9.17, 15) is 12.3 Å². The molecule has 0 heterocycles. The van der Waals surface area contributed by atoms with Gasteiger partial charge >= 0.3 is 10.2 Å². The first kappa shape index (κ1) is 13.3. The lowest BCUT2D eigenvalue weighted by atomic mass is 10.2. The highest BCUT2D eigenvalue weighted by Crippen LogP contribution is 2.22. The van der Waals surface area contributed by atoms with Crippen LogP contribution in [0.3, 0.4) is 0 Å². The standard InChI is InChI=1S/C14H11FO3S/c15-19(16,17)10-9-12-5-4-8-14(11-12)18-13-6-2-1-3-7-13/h1-11H/b10-9+. The van der Waals surface area contributed by atoms with Crippen molar-refractivity contribution in [1.82, 2.24) is 0 Å². The fraction of sp³-hybridized carbons (Fsp3) is 0. The molecular formula is C14H11FO3S. The molecule has 0 bridgehead atoms. The van der Waals surface area contributed by atoms with Crippen molar-refractivity contribution in [3.63, 3.8) is 0 Å². The summed E-state index contributed by atoms with van der Waals surface area (Å²) in [5, 5.41) is 0.509. The van der Waals surface area contributed by atoms with Gasteiger partial charge in [0, 0.05) is 0 Å². The second-order valence-electron chi connectivity index (χ2n) is 3.77. The molecule has 0 saturated heterocycles. The van der Waals surface area contributed by atoms with Gasteiger partial charge in [-0.05, 0) is 35.9 Å². The van der Waals surface area contributed by atoms with E-state index in [2.05, 4.69) is 0 Å². The summed E-state index contributed by atoms with van der Waals surface area (Å²) >= 11 is 0. The Hall–Kier alpha value is -2.14. The van der Waals surface area contributed by atoms with Crippen molar-refractivity contribution in [2.24, 2.45) is 0 Å². The van der Waals surface area contributed by atoms with Gasteiger partial charge in [0.05, 0.1) is 5.41 Å². The zero-order valence-electron chi connectivity index (χ0n) is 9.86. The van der Waals surface area contributed by atoms with Crippen LogP contribution in [0, 0.1) is 0 Å². The van der Waals surface area contributed by atoms with Crippen LogP contribution in [0.25, 0.3) is 6.08 Å². The number of hydrogen-bond acceptors (Lipinski definition) is 3. The Morgan fingerprint density at radius 1 is 0.947 bits per heavy atom. The Balaban J connectivity index is 2.18. The van der Waals surface area contributed by atoms with Crippen molar-refractivity contribution in [2.45, 2.75) is 0 Å². The number of rotatable bonds is 4. The predicted octanol–water partition coefficient (Wildman–Crippen LogP) is 3.75. The molecule has 0 radical (unpaired) electrons. The Morgan fingerprint density at radius 2 is 1.63 bits per heavy atom. The number of hydrogen-bond donors (Lipinski definition) is 0. The van der Waals surface area contributed by atoms with Crippen molar-refractivity contribution in [1.29, 1.82) is 0 Å². The largest absolute Gasteiger partial charge is 0.457 e. The van der Waals surface area contributed by atoms with Crippen molar-refractivity contribution >= 4 is 16.3 Å². The molecule has 98 valence electrons. The molecule has 0 aliphatic carbocycles. The van der Waals surface area contributed by atoms with Gasteiger partial charge in [0.1, 0.15) is 11.5 Å². The normalized spacial score (nSPS) is 11.6. The molecule has 19 heavy (non-hydrogen) atoms. The Bertz CT molecular complexity index is 679. The number of halogens is 1. The molecule has 0 atom stereocenters. The molecule has 0 saturated carbocycles. The van der Waals surface area contributed by atoms with Gasteiger partial charge in [-0.15, -0.1) is 3.89 Å². The first-order valence-corrected chi connectivity index (χ1v) is 6.93. The van der Waals surface area contributed by atoms with E-state index in [0.717, 1.165) is 0 Å². The van der Waals surface area contributed by atoms with E-state index in [0.29, 0.717) is 22.5 Å². The molecule has 0 fully saturated rings.